The van der Waals surface area contributed by atoms with Crippen molar-refractivity contribution in [2.24, 2.45) is 0 Å². The maximum atomic E-state index is 12.9. The molecule has 2 atom stereocenters. The highest BCUT2D eigenvalue weighted by molar-refractivity contribution is 5.94. The standard InChI is InChI=1S/C25H32N4O3/c1-19-4-3-5-20(2)29(19)24(30)18-32-23-8-6-21(7-9-23)25(31)28-16-14-27(15-17-28)22-10-12-26-13-11-22/h6-13,19-20H,3-5,14-18H2,1-2H3. The Morgan fingerprint density at radius 2 is 1.56 bits per heavy atom. The molecular formula is C25H32N4O3. The highest BCUT2D eigenvalue weighted by Gasteiger charge is 2.29. The molecule has 0 bridgehead atoms. The monoisotopic (exact) mass is 436 g/mol. The van der Waals surface area contributed by atoms with E-state index in [-0.39, 0.29) is 30.5 Å². The molecular weight excluding hydrogens is 404 g/mol. The lowest BCUT2D eigenvalue weighted by Gasteiger charge is -2.39. The lowest BCUT2D eigenvalue weighted by atomic mass is 9.97. The first-order valence-corrected chi connectivity index (χ1v) is 11.5. The highest BCUT2D eigenvalue weighted by Crippen LogP contribution is 2.23. The molecule has 0 N–H and O–H groups in total. The topological polar surface area (TPSA) is 66.0 Å². The van der Waals surface area contributed by atoms with Gasteiger partial charge in [0.15, 0.2) is 6.61 Å². The van der Waals surface area contributed by atoms with Gasteiger partial charge in [-0.25, -0.2) is 0 Å². The summed E-state index contributed by atoms with van der Waals surface area (Å²) in [7, 11) is 0. The first-order chi connectivity index (χ1) is 15.5. The molecule has 2 saturated heterocycles. The van der Waals surface area contributed by atoms with Gasteiger partial charge in [-0.05, 0) is 69.5 Å². The minimum Gasteiger partial charge on any atom is -0.484 e. The second kappa shape index (κ2) is 10.0. The van der Waals surface area contributed by atoms with E-state index in [1.165, 1.54) is 6.42 Å². The Balaban J connectivity index is 1.28. The number of benzene rings is 1. The summed E-state index contributed by atoms with van der Waals surface area (Å²) in [6.45, 7) is 7.19. The summed E-state index contributed by atoms with van der Waals surface area (Å²) in [6, 6.07) is 11.6. The fourth-order valence-corrected chi connectivity index (χ4v) is 4.73. The quantitative estimate of drug-likeness (QED) is 0.720. The van der Waals surface area contributed by atoms with Gasteiger partial charge in [0.25, 0.3) is 11.8 Å². The van der Waals surface area contributed by atoms with Gasteiger partial charge >= 0.3 is 0 Å². The number of ether oxygens (including phenoxy) is 1. The maximum Gasteiger partial charge on any atom is 0.260 e. The minimum atomic E-state index is 0.0249. The lowest BCUT2D eigenvalue weighted by Crippen LogP contribution is -2.49. The predicted molar refractivity (Wildman–Crippen MR) is 124 cm³/mol. The Labute approximate surface area is 190 Å². The van der Waals surface area contributed by atoms with Crippen molar-refractivity contribution < 1.29 is 14.3 Å². The molecule has 32 heavy (non-hydrogen) atoms. The number of piperidine rings is 1. The van der Waals surface area contributed by atoms with Crippen LogP contribution in [0.5, 0.6) is 5.75 Å². The van der Waals surface area contributed by atoms with E-state index in [2.05, 4.69) is 23.7 Å². The minimum absolute atomic E-state index is 0.0249. The van der Waals surface area contributed by atoms with E-state index in [1.54, 1.807) is 36.7 Å². The Morgan fingerprint density at radius 3 is 2.19 bits per heavy atom. The van der Waals surface area contributed by atoms with Crippen LogP contribution in [-0.2, 0) is 4.79 Å². The Hall–Kier alpha value is -3.09. The van der Waals surface area contributed by atoms with Crippen LogP contribution in [0.4, 0.5) is 5.69 Å². The largest absolute Gasteiger partial charge is 0.484 e. The number of aromatic nitrogens is 1. The molecule has 0 radical (unpaired) electrons. The normalized spacial score (nSPS) is 21.4. The fraction of sp³-hybridized carbons (Fsp3) is 0.480. The van der Waals surface area contributed by atoms with Gasteiger partial charge in [-0.1, -0.05) is 0 Å². The third-order valence-corrected chi connectivity index (χ3v) is 6.54. The maximum absolute atomic E-state index is 12.9. The summed E-state index contributed by atoms with van der Waals surface area (Å²) in [4.78, 5) is 35.7. The lowest BCUT2D eigenvalue weighted by molar-refractivity contribution is -0.139. The van der Waals surface area contributed by atoms with Gasteiger partial charge in [0.1, 0.15) is 5.75 Å². The van der Waals surface area contributed by atoms with Gasteiger partial charge in [-0.15, -0.1) is 0 Å². The van der Waals surface area contributed by atoms with Crippen LogP contribution in [0, 0.1) is 0 Å². The van der Waals surface area contributed by atoms with Gasteiger partial charge in [0.2, 0.25) is 0 Å². The molecule has 1 aromatic heterocycles. The molecule has 2 unspecified atom stereocenters. The number of rotatable bonds is 5. The Kier molecular flexibility index (Phi) is 6.93. The van der Waals surface area contributed by atoms with Crippen LogP contribution in [0.1, 0.15) is 43.5 Å². The van der Waals surface area contributed by atoms with E-state index < -0.39 is 0 Å². The Morgan fingerprint density at radius 1 is 0.938 bits per heavy atom. The average molecular weight is 437 g/mol. The number of piperazine rings is 1. The van der Waals surface area contributed by atoms with E-state index in [1.807, 2.05) is 21.9 Å². The van der Waals surface area contributed by atoms with Crippen molar-refractivity contribution in [1.82, 2.24) is 14.8 Å². The van der Waals surface area contributed by atoms with Gasteiger partial charge in [0.05, 0.1) is 0 Å². The van der Waals surface area contributed by atoms with Gasteiger partial charge in [-0.2, -0.15) is 0 Å². The van der Waals surface area contributed by atoms with Crippen molar-refractivity contribution in [2.45, 2.75) is 45.2 Å². The van der Waals surface area contributed by atoms with Crippen LogP contribution in [0.3, 0.4) is 0 Å². The van der Waals surface area contributed by atoms with Gasteiger partial charge < -0.3 is 19.4 Å². The Bertz CT molecular complexity index is 901. The van der Waals surface area contributed by atoms with Crippen molar-refractivity contribution in [1.29, 1.82) is 0 Å². The van der Waals surface area contributed by atoms with Crippen molar-refractivity contribution >= 4 is 17.5 Å². The van der Waals surface area contributed by atoms with Crippen LogP contribution in [0.25, 0.3) is 0 Å². The number of hydrogen-bond donors (Lipinski definition) is 0. The summed E-state index contributed by atoms with van der Waals surface area (Å²) in [5, 5.41) is 0. The molecule has 4 rings (SSSR count). The summed E-state index contributed by atoms with van der Waals surface area (Å²) >= 11 is 0. The number of carbonyl (C=O) groups is 2. The molecule has 170 valence electrons. The van der Waals surface area contributed by atoms with Crippen LogP contribution < -0.4 is 9.64 Å². The summed E-state index contributed by atoms with van der Waals surface area (Å²) < 4.78 is 5.73. The third kappa shape index (κ3) is 5.03. The third-order valence-electron chi connectivity index (χ3n) is 6.54. The summed E-state index contributed by atoms with van der Waals surface area (Å²) in [5.41, 5.74) is 1.77. The van der Waals surface area contributed by atoms with E-state index >= 15 is 0 Å². The average Bonchev–Trinajstić information content (AvgIpc) is 2.83. The summed E-state index contributed by atoms with van der Waals surface area (Å²) in [6.07, 6.45) is 6.84. The van der Waals surface area contributed by atoms with Crippen LogP contribution in [0.15, 0.2) is 48.8 Å². The van der Waals surface area contributed by atoms with Crippen molar-refractivity contribution in [3.63, 3.8) is 0 Å². The summed E-state index contributed by atoms with van der Waals surface area (Å²) in [5.74, 6) is 0.657. The molecule has 0 saturated carbocycles. The molecule has 2 fully saturated rings. The first kappa shape index (κ1) is 22.1. The zero-order chi connectivity index (χ0) is 22.5. The molecule has 7 nitrogen and oxygen atoms in total. The van der Waals surface area contributed by atoms with Gasteiger partial charge in [0, 0.05) is 61.9 Å². The molecule has 1 aromatic carbocycles. The number of likely N-dealkylation sites (tertiary alicyclic amines) is 1. The van der Waals surface area contributed by atoms with Crippen molar-refractivity contribution in [3.05, 3.63) is 54.4 Å². The number of amides is 2. The molecule has 2 aliphatic heterocycles. The highest BCUT2D eigenvalue weighted by atomic mass is 16.5. The zero-order valence-corrected chi connectivity index (χ0v) is 18.9. The number of anilines is 1. The zero-order valence-electron chi connectivity index (χ0n) is 18.9. The predicted octanol–water partition coefficient (Wildman–Crippen LogP) is 3.21. The van der Waals surface area contributed by atoms with E-state index in [4.69, 9.17) is 4.74 Å². The number of hydrogen-bond acceptors (Lipinski definition) is 5. The smallest absolute Gasteiger partial charge is 0.260 e. The molecule has 2 aliphatic rings. The molecule has 2 amide bonds. The number of nitrogens with zero attached hydrogens (tertiary/aromatic N) is 4. The number of pyridine rings is 1. The number of carbonyl (C=O) groups excluding carboxylic acids is 2. The molecule has 3 heterocycles. The molecule has 7 heteroatoms. The van der Waals surface area contributed by atoms with Crippen molar-refractivity contribution in [2.75, 3.05) is 37.7 Å². The van der Waals surface area contributed by atoms with Crippen LogP contribution >= 0.6 is 0 Å². The van der Waals surface area contributed by atoms with E-state index in [9.17, 15) is 9.59 Å². The molecule has 0 aliphatic carbocycles. The molecule has 2 aromatic rings. The van der Waals surface area contributed by atoms with Gasteiger partial charge in [-0.3, -0.25) is 14.6 Å². The second-order valence-corrected chi connectivity index (χ2v) is 8.73. The first-order valence-electron chi connectivity index (χ1n) is 11.5. The van der Waals surface area contributed by atoms with E-state index in [0.29, 0.717) is 24.4 Å². The van der Waals surface area contributed by atoms with Crippen molar-refractivity contribution in [3.8, 4) is 5.75 Å². The fourth-order valence-electron chi connectivity index (χ4n) is 4.73. The van der Waals surface area contributed by atoms with Crippen LogP contribution in [-0.4, -0.2) is 71.5 Å². The van der Waals surface area contributed by atoms with E-state index in [0.717, 1.165) is 31.6 Å². The van der Waals surface area contributed by atoms with Crippen LogP contribution in [0.2, 0.25) is 0 Å². The SMILES string of the molecule is CC1CCCC(C)N1C(=O)COc1ccc(C(=O)N2CCN(c3ccncc3)CC2)cc1. The second-order valence-electron chi connectivity index (χ2n) is 8.73. The molecule has 0 spiro atoms.